The molecule has 1 aliphatic carbocycles. The zero-order valence-corrected chi connectivity index (χ0v) is 32.2. The second-order valence-corrected chi connectivity index (χ2v) is 14.0. The van der Waals surface area contributed by atoms with Gasteiger partial charge < -0.3 is 18.9 Å². The summed E-state index contributed by atoms with van der Waals surface area (Å²) >= 11 is 0. The molecule has 1 saturated carbocycles. The van der Waals surface area contributed by atoms with Crippen LogP contribution < -0.4 is 0 Å². The third-order valence-corrected chi connectivity index (χ3v) is 9.37. The van der Waals surface area contributed by atoms with Crippen molar-refractivity contribution in [2.45, 2.75) is 112 Å². The van der Waals surface area contributed by atoms with Crippen LogP contribution in [0.2, 0.25) is 0 Å². The maximum atomic E-state index is 13.1. The Kier molecular flexibility index (Phi) is 18.1. The Balaban J connectivity index is 0.000000370. The van der Waals surface area contributed by atoms with E-state index in [1.54, 1.807) is 13.8 Å². The van der Waals surface area contributed by atoms with E-state index in [-0.39, 0.29) is 55.4 Å². The van der Waals surface area contributed by atoms with Crippen LogP contribution >= 0.6 is 0 Å². The van der Waals surface area contributed by atoms with E-state index >= 15 is 0 Å². The largest absolute Gasteiger partial charge is 0.462 e. The molecule has 2 aromatic rings. The van der Waals surface area contributed by atoms with Crippen LogP contribution in [0.25, 0.3) is 0 Å². The minimum absolute atomic E-state index is 0.172. The van der Waals surface area contributed by atoms with Crippen LogP contribution in [0.1, 0.15) is 96.3 Å². The van der Waals surface area contributed by atoms with Gasteiger partial charge in [-0.05, 0) is 104 Å². The Labute approximate surface area is 314 Å². The number of carbonyl (C=O) groups excluding carboxylic acids is 6. The molecule has 0 heterocycles. The minimum Gasteiger partial charge on any atom is -0.462 e. The molecule has 0 N–H and O–H groups in total. The van der Waals surface area contributed by atoms with Gasteiger partial charge in [-0.2, -0.15) is 0 Å². The Bertz CT molecular complexity index is 1570. The van der Waals surface area contributed by atoms with Crippen LogP contribution in [0.4, 0.5) is 0 Å². The van der Waals surface area contributed by atoms with E-state index in [0.717, 1.165) is 54.9 Å². The molecule has 1 aliphatic rings. The van der Waals surface area contributed by atoms with Gasteiger partial charge in [-0.1, -0.05) is 79.7 Å². The maximum absolute atomic E-state index is 13.1. The van der Waals surface area contributed by atoms with Crippen molar-refractivity contribution in [2.75, 3.05) is 13.2 Å². The van der Waals surface area contributed by atoms with Gasteiger partial charge in [0.05, 0.1) is 6.10 Å². The van der Waals surface area contributed by atoms with Crippen LogP contribution in [0.5, 0.6) is 0 Å². The minimum atomic E-state index is -1.52. The fourth-order valence-corrected chi connectivity index (χ4v) is 5.76. The summed E-state index contributed by atoms with van der Waals surface area (Å²) in [6, 6.07) is 17.4. The summed E-state index contributed by atoms with van der Waals surface area (Å²) in [5.41, 5.74) is 0.316. The molecule has 1 fully saturated rings. The SMILES string of the molecule is C=C(C)C(=O)OCC(CCc1ccccc1)(C(C)=O)C(=O)OC(C)C.C=CC(=O)OCC(CCc1ccc(C)cc1)(C(C)=O)C(=O)OC1CCCCC1. The van der Waals surface area contributed by atoms with Crippen LogP contribution in [0, 0.1) is 17.8 Å². The van der Waals surface area contributed by atoms with E-state index in [1.807, 2.05) is 61.5 Å². The summed E-state index contributed by atoms with van der Waals surface area (Å²) in [6.07, 6.45) is 6.67. The molecule has 0 aromatic heterocycles. The molecule has 0 saturated heterocycles. The molecule has 0 amide bonds. The molecule has 10 nitrogen and oxygen atoms in total. The number of ether oxygens (including phenoxy) is 4. The molecule has 2 atom stereocenters. The summed E-state index contributed by atoms with van der Waals surface area (Å²) in [5.74, 6) is -3.29. The number of benzene rings is 2. The Hall–Kier alpha value is -4.86. The highest BCUT2D eigenvalue weighted by Crippen LogP contribution is 2.32. The third kappa shape index (κ3) is 13.9. The van der Waals surface area contributed by atoms with Crippen molar-refractivity contribution in [2.24, 2.45) is 10.8 Å². The van der Waals surface area contributed by atoms with Crippen molar-refractivity contribution in [1.29, 1.82) is 0 Å². The van der Waals surface area contributed by atoms with Gasteiger partial charge in [0, 0.05) is 11.6 Å². The molecule has 53 heavy (non-hydrogen) atoms. The first-order valence-electron chi connectivity index (χ1n) is 18.2. The summed E-state index contributed by atoms with van der Waals surface area (Å²) in [4.78, 5) is 74.1. The average Bonchev–Trinajstić information content (AvgIpc) is 3.12. The monoisotopic (exact) mass is 732 g/mol. The van der Waals surface area contributed by atoms with Crippen molar-refractivity contribution < 1.29 is 47.7 Å². The van der Waals surface area contributed by atoms with Crippen LogP contribution in [-0.2, 0) is 60.6 Å². The third-order valence-electron chi connectivity index (χ3n) is 9.37. The van der Waals surface area contributed by atoms with Crippen molar-refractivity contribution in [3.05, 3.63) is 96.1 Å². The normalized spacial score (nSPS) is 14.9. The van der Waals surface area contributed by atoms with Crippen LogP contribution in [-0.4, -0.2) is 60.9 Å². The predicted octanol–water partition coefficient (Wildman–Crippen LogP) is 7.37. The van der Waals surface area contributed by atoms with E-state index in [2.05, 4.69) is 13.2 Å². The van der Waals surface area contributed by atoms with E-state index in [4.69, 9.17) is 18.9 Å². The van der Waals surface area contributed by atoms with Gasteiger partial charge >= 0.3 is 23.9 Å². The van der Waals surface area contributed by atoms with E-state index < -0.39 is 34.7 Å². The standard InChI is InChI=1S/C23H30O5.C20H26O5/c1-4-21(25)27-16-23(18(3)24,15-14-19-12-10-17(2)11-13-19)22(26)28-20-8-6-5-7-9-20;1-14(2)18(22)24-13-20(16(5)21,19(23)25-15(3)4)12-11-17-9-7-6-8-10-17/h4,10-13,20H,1,5-9,14-16H2,2-3H3;6-10,15H,1,11-13H2,2-5H3. The average molecular weight is 733 g/mol. The Morgan fingerprint density at radius 2 is 1.26 bits per heavy atom. The fraction of sp³-hybridized carbons (Fsp3) is 0.488. The smallest absolute Gasteiger partial charge is 0.333 e. The zero-order valence-electron chi connectivity index (χ0n) is 32.2. The van der Waals surface area contributed by atoms with Gasteiger partial charge in [0.15, 0.2) is 22.4 Å². The first kappa shape index (κ1) is 44.3. The van der Waals surface area contributed by atoms with E-state index in [9.17, 15) is 28.8 Å². The highest BCUT2D eigenvalue weighted by atomic mass is 16.6. The quantitative estimate of drug-likeness (QED) is 0.0661. The number of aryl methyl sites for hydroxylation is 3. The van der Waals surface area contributed by atoms with Crippen LogP contribution in [0.3, 0.4) is 0 Å². The number of hydrogen-bond donors (Lipinski definition) is 0. The molecule has 0 aliphatic heterocycles. The number of hydrogen-bond acceptors (Lipinski definition) is 10. The Morgan fingerprint density at radius 3 is 1.75 bits per heavy atom. The number of Topliss-reactive ketones (excluding diaryl/α,β-unsaturated/α-hetero) is 2. The van der Waals surface area contributed by atoms with Gasteiger partial charge in [-0.3, -0.25) is 19.2 Å². The topological polar surface area (TPSA) is 139 Å². The van der Waals surface area contributed by atoms with Gasteiger partial charge in [0.2, 0.25) is 0 Å². The van der Waals surface area contributed by atoms with Gasteiger partial charge in [-0.15, -0.1) is 0 Å². The highest BCUT2D eigenvalue weighted by Gasteiger charge is 2.48. The second kappa shape index (κ2) is 21.6. The summed E-state index contributed by atoms with van der Waals surface area (Å²) in [5, 5.41) is 0. The maximum Gasteiger partial charge on any atom is 0.333 e. The number of esters is 4. The molecule has 0 bridgehead atoms. The number of ketones is 2. The molecule has 2 unspecified atom stereocenters. The highest BCUT2D eigenvalue weighted by molar-refractivity contribution is 6.04. The van der Waals surface area contributed by atoms with Crippen molar-refractivity contribution in [3.8, 4) is 0 Å². The van der Waals surface area contributed by atoms with Gasteiger partial charge in [-0.25, -0.2) is 9.59 Å². The molecule has 0 spiro atoms. The zero-order chi connectivity index (χ0) is 39.6. The summed E-state index contributed by atoms with van der Waals surface area (Å²) in [7, 11) is 0. The van der Waals surface area contributed by atoms with Crippen LogP contribution in [0.15, 0.2) is 79.4 Å². The molecular formula is C43H56O10. The van der Waals surface area contributed by atoms with Gasteiger partial charge in [0.25, 0.3) is 0 Å². The predicted molar refractivity (Wildman–Crippen MR) is 202 cm³/mol. The molecule has 10 heteroatoms. The van der Waals surface area contributed by atoms with E-state index in [1.165, 1.54) is 20.8 Å². The summed E-state index contributed by atoms with van der Waals surface area (Å²) < 4.78 is 21.3. The van der Waals surface area contributed by atoms with Gasteiger partial charge in [0.1, 0.15) is 19.3 Å². The molecule has 2 aromatic carbocycles. The Morgan fingerprint density at radius 1 is 0.755 bits per heavy atom. The number of rotatable bonds is 18. The molecule has 0 radical (unpaired) electrons. The first-order chi connectivity index (χ1) is 25.1. The lowest BCUT2D eigenvalue weighted by molar-refractivity contribution is -0.173. The lowest BCUT2D eigenvalue weighted by Crippen LogP contribution is -2.46. The first-order valence-corrected chi connectivity index (χ1v) is 18.2. The lowest BCUT2D eigenvalue weighted by Gasteiger charge is -2.31. The lowest BCUT2D eigenvalue weighted by atomic mass is 9.79. The molecule has 3 rings (SSSR count). The second-order valence-electron chi connectivity index (χ2n) is 14.0. The molecule has 288 valence electrons. The number of carbonyl (C=O) groups is 6. The van der Waals surface area contributed by atoms with E-state index in [0.29, 0.717) is 12.8 Å². The molecular weight excluding hydrogens is 676 g/mol. The van der Waals surface area contributed by atoms with Crippen molar-refractivity contribution in [3.63, 3.8) is 0 Å². The van der Waals surface area contributed by atoms with Crippen molar-refractivity contribution in [1.82, 2.24) is 0 Å². The van der Waals surface area contributed by atoms with Crippen molar-refractivity contribution >= 4 is 35.4 Å². The fourth-order valence-electron chi connectivity index (χ4n) is 5.76. The summed E-state index contributed by atoms with van der Waals surface area (Å²) in [6.45, 7) is 15.8.